The number of imidazole rings is 1. The first-order chi connectivity index (χ1) is 15.6. The van der Waals surface area contributed by atoms with Crippen LogP contribution in [0.1, 0.15) is 53.7 Å². The smallest absolute Gasteiger partial charge is 0.255 e. The van der Waals surface area contributed by atoms with Crippen molar-refractivity contribution in [3.05, 3.63) is 47.5 Å². The summed E-state index contributed by atoms with van der Waals surface area (Å²) in [6, 6.07) is 5.23. The highest BCUT2D eigenvalue weighted by atomic mass is 16.5. The number of aromatic amines is 1. The molecule has 32 heavy (non-hydrogen) atoms. The topological polar surface area (TPSA) is 108 Å². The molecule has 0 aliphatic carbocycles. The van der Waals surface area contributed by atoms with Crippen molar-refractivity contribution in [3.8, 4) is 5.75 Å². The van der Waals surface area contributed by atoms with Crippen molar-refractivity contribution in [1.29, 1.82) is 0 Å². The lowest BCUT2D eigenvalue weighted by Crippen LogP contribution is -2.52. The van der Waals surface area contributed by atoms with E-state index in [1.807, 2.05) is 18.3 Å². The molecule has 0 bridgehead atoms. The van der Waals surface area contributed by atoms with Gasteiger partial charge in [-0.2, -0.15) is 0 Å². The molecule has 2 atom stereocenters. The van der Waals surface area contributed by atoms with E-state index in [-0.39, 0.29) is 18.2 Å². The second-order valence-electron chi connectivity index (χ2n) is 8.73. The summed E-state index contributed by atoms with van der Waals surface area (Å²) in [5.41, 5.74) is 2.55. The molecule has 0 radical (unpaired) electrons. The number of carbonyl (C=O) groups excluding carboxylic acids is 3. The van der Waals surface area contributed by atoms with Crippen LogP contribution in [0.3, 0.4) is 0 Å². The third-order valence-electron chi connectivity index (χ3n) is 6.61. The number of carbonyl (C=O) groups is 3. The number of fused-ring (bicyclic) bond motifs is 1. The van der Waals surface area contributed by atoms with Crippen molar-refractivity contribution in [2.45, 2.75) is 57.3 Å². The van der Waals surface area contributed by atoms with E-state index in [4.69, 9.17) is 4.74 Å². The van der Waals surface area contributed by atoms with E-state index in [1.54, 1.807) is 17.3 Å². The van der Waals surface area contributed by atoms with Crippen LogP contribution in [0, 0.1) is 0 Å². The monoisotopic (exact) mass is 437 g/mol. The molecular weight excluding hydrogens is 410 g/mol. The number of amides is 3. The quantitative estimate of drug-likeness (QED) is 0.665. The Kier molecular flexibility index (Phi) is 5.65. The van der Waals surface area contributed by atoms with Gasteiger partial charge in [-0.3, -0.25) is 24.6 Å². The normalized spacial score (nSPS) is 23.9. The average Bonchev–Trinajstić information content (AvgIpc) is 3.41. The first-order valence-corrected chi connectivity index (χ1v) is 11.2. The predicted octanol–water partition coefficient (Wildman–Crippen LogP) is 1.60. The maximum absolute atomic E-state index is 12.8. The highest BCUT2D eigenvalue weighted by Gasteiger charge is 2.39. The molecule has 1 aromatic heterocycles. The van der Waals surface area contributed by atoms with Crippen LogP contribution in [-0.4, -0.2) is 62.7 Å². The van der Waals surface area contributed by atoms with Crippen LogP contribution in [-0.2, 0) is 22.7 Å². The van der Waals surface area contributed by atoms with E-state index in [1.165, 1.54) is 12.8 Å². The lowest BCUT2D eigenvalue weighted by Gasteiger charge is -2.35. The van der Waals surface area contributed by atoms with Gasteiger partial charge < -0.3 is 14.6 Å². The molecule has 0 saturated carbocycles. The van der Waals surface area contributed by atoms with Gasteiger partial charge in [0.25, 0.3) is 5.91 Å². The van der Waals surface area contributed by atoms with Gasteiger partial charge in [0.2, 0.25) is 11.8 Å². The molecule has 3 aliphatic rings. The van der Waals surface area contributed by atoms with Gasteiger partial charge in [0, 0.05) is 43.0 Å². The zero-order valence-corrected chi connectivity index (χ0v) is 17.9. The van der Waals surface area contributed by atoms with Crippen molar-refractivity contribution in [2.75, 3.05) is 13.2 Å². The Morgan fingerprint density at radius 2 is 2.06 bits per heavy atom. The lowest BCUT2D eigenvalue weighted by molar-refractivity contribution is -0.136. The number of H-pyrrole nitrogens is 1. The van der Waals surface area contributed by atoms with E-state index in [0.717, 1.165) is 36.5 Å². The number of ether oxygens (including phenoxy) is 1. The number of aromatic nitrogens is 2. The number of imide groups is 1. The summed E-state index contributed by atoms with van der Waals surface area (Å²) in [6.07, 6.45) is 7.63. The van der Waals surface area contributed by atoms with Gasteiger partial charge in [-0.1, -0.05) is 6.42 Å². The van der Waals surface area contributed by atoms with Crippen molar-refractivity contribution in [3.63, 3.8) is 0 Å². The standard InChI is InChI=1S/C23H27N5O4/c29-21-7-6-20(22(30)26-21)28-11-15-9-18(4-5-19(15)23(28)31)32-13-17-3-1-2-8-27(17)12-16-10-24-14-25-16/h4-5,9-10,14,17,20H,1-3,6-8,11-13H2,(H,24,25)(H,26,29,30). The van der Waals surface area contributed by atoms with Gasteiger partial charge >= 0.3 is 0 Å². The molecule has 5 rings (SSSR count). The summed E-state index contributed by atoms with van der Waals surface area (Å²) < 4.78 is 6.15. The molecule has 3 amide bonds. The number of nitrogens with one attached hydrogen (secondary N) is 2. The summed E-state index contributed by atoms with van der Waals surface area (Å²) in [4.78, 5) is 47.8. The molecule has 4 heterocycles. The van der Waals surface area contributed by atoms with Crippen molar-refractivity contribution < 1.29 is 19.1 Å². The van der Waals surface area contributed by atoms with Crippen LogP contribution in [0.4, 0.5) is 0 Å². The van der Waals surface area contributed by atoms with Crippen LogP contribution in [0.5, 0.6) is 5.75 Å². The van der Waals surface area contributed by atoms with E-state index in [9.17, 15) is 14.4 Å². The number of hydrogen-bond donors (Lipinski definition) is 2. The predicted molar refractivity (Wildman–Crippen MR) is 115 cm³/mol. The molecule has 2 aromatic rings. The van der Waals surface area contributed by atoms with Crippen LogP contribution in [0.2, 0.25) is 0 Å². The number of rotatable bonds is 6. The number of likely N-dealkylation sites (tertiary alicyclic amines) is 1. The first kappa shape index (κ1) is 20.7. The Morgan fingerprint density at radius 3 is 2.88 bits per heavy atom. The van der Waals surface area contributed by atoms with Crippen molar-refractivity contribution in [2.24, 2.45) is 0 Å². The molecule has 2 unspecified atom stereocenters. The molecule has 2 fully saturated rings. The average molecular weight is 438 g/mol. The highest BCUT2D eigenvalue weighted by molar-refractivity contribution is 6.05. The van der Waals surface area contributed by atoms with Gasteiger partial charge in [-0.15, -0.1) is 0 Å². The van der Waals surface area contributed by atoms with E-state index >= 15 is 0 Å². The Hall–Kier alpha value is -3.20. The first-order valence-electron chi connectivity index (χ1n) is 11.2. The number of nitrogens with zero attached hydrogens (tertiary/aromatic N) is 3. The minimum Gasteiger partial charge on any atom is -0.492 e. The number of piperidine rings is 2. The molecule has 0 spiro atoms. The minimum atomic E-state index is -0.602. The van der Waals surface area contributed by atoms with Gasteiger partial charge in [0.05, 0.1) is 6.33 Å². The second-order valence-corrected chi connectivity index (χ2v) is 8.73. The third kappa shape index (κ3) is 4.12. The summed E-state index contributed by atoms with van der Waals surface area (Å²) in [7, 11) is 0. The molecule has 2 saturated heterocycles. The van der Waals surface area contributed by atoms with E-state index < -0.39 is 11.9 Å². The van der Waals surface area contributed by atoms with Crippen LogP contribution in [0.25, 0.3) is 0 Å². The molecule has 2 N–H and O–H groups in total. The van der Waals surface area contributed by atoms with Crippen LogP contribution >= 0.6 is 0 Å². The maximum Gasteiger partial charge on any atom is 0.255 e. The van der Waals surface area contributed by atoms with Gasteiger partial charge in [0.1, 0.15) is 18.4 Å². The Balaban J connectivity index is 1.23. The fraction of sp³-hybridized carbons (Fsp3) is 0.478. The summed E-state index contributed by atoms with van der Waals surface area (Å²) >= 11 is 0. The minimum absolute atomic E-state index is 0.168. The summed E-state index contributed by atoms with van der Waals surface area (Å²) in [6.45, 7) is 2.80. The van der Waals surface area contributed by atoms with Crippen LogP contribution in [0.15, 0.2) is 30.7 Å². The summed E-state index contributed by atoms with van der Waals surface area (Å²) in [5, 5.41) is 2.33. The molecular formula is C23H27N5O4. The van der Waals surface area contributed by atoms with Gasteiger partial charge in [-0.05, 0) is 49.6 Å². The Morgan fingerprint density at radius 1 is 1.16 bits per heavy atom. The Labute approximate surface area is 186 Å². The van der Waals surface area contributed by atoms with Gasteiger partial charge in [0.15, 0.2) is 0 Å². The van der Waals surface area contributed by atoms with Gasteiger partial charge in [-0.25, -0.2) is 4.98 Å². The molecule has 9 heteroatoms. The molecule has 168 valence electrons. The molecule has 1 aromatic carbocycles. The van der Waals surface area contributed by atoms with E-state index in [0.29, 0.717) is 31.2 Å². The van der Waals surface area contributed by atoms with Crippen molar-refractivity contribution >= 4 is 17.7 Å². The lowest BCUT2D eigenvalue weighted by atomic mass is 10.0. The van der Waals surface area contributed by atoms with Crippen molar-refractivity contribution in [1.82, 2.24) is 25.1 Å². The molecule has 3 aliphatic heterocycles. The number of hydrogen-bond acceptors (Lipinski definition) is 6. The second kappa shape index (κ2) is 8.74. The summed E-state index contributed by atoms with van der Waals surface area (Å²) in [5.74, 6) is -0.114. The van der Waals surface area contributed by atoms with Crippen LogP contribution < -0.4 is 10.1 Å². The Bertz CT molecular complexity index is 1020. The molecule has 9 nitrogen and oxygen atoms in total. The zero-order chi connectivity index (χ0) is 22.1. The maximum atomic E-state index is 12.8. The largest absolute Gasteiger partial charge is 0.492 e. The highest BCUT2D eigenvalue weighted by Crippen LogP contribution is 2.30. The van der Waals surface area contributed by atoms with E-state index in [2.05, 4.69) is 20.2 Å². The number of benzene rings is 1. The third-order valence-corrected chi connectivity index (χ3v) is 6.61. The fourth-order valence-corrected chi connectivity index (χ4v) is 4.88. The zero-order valence-electron chi connectivity index (χ0n) is 17.9. The SMILES string of the molecule is O=C1CCC(N2Cc3cc(OCC4CCCCN4Cc4cnc[nH]4)ccc3C2=O)C(=O)N1. The fourth-order valence-electron chi connectivity index (χ4n) is 4.88.